The van der Waals surface area contributed by atoms with Gasteiger partial charge in [-0.1, -0.05) is 11.8 Å². The Labute approximate surface area is 132 Å². The number of rotatable bonds is 4. The first-order chi connectivity index (χ1) is 9.49. The van der Waals surface area contributed by atoms with E-state index < -0.39 is 5.97 Å². The average Bonchev–Trinajstić information content (AvgIpc) is 2.69. The van der Waals surface area contributed by atoms with Gasteiger partial charge in [0.05, 0.1) is 17.7 Å². The summed E-state index contributed by atoms with van der Waals surface area (Å²) in [6, 6.07) is 7.53. The highest BCUT2D eigenvalue weighted by molar-refractivity contribution is 9.10. The largest absolute Gasteiger partial charge is 0.481 e. The highest BCUT2D eigenvalue weighted by Crippen LogP contribution is 2.34. The molecule has 0 saturated carbocycles. The molecule has 0 aliphatic rings. The third kappa shape index (κ3) is 3.60. The summed E-state index contributed by atoms with van der Waals surface area (Å²) in [5.41, 5.74) is 1.34. The van der Waals surface area contributed by atoms with Gasteiger partial charge in [-0.15, -0.1) is 11.3 Å². The summed E-state index contributed by atoms with van der Waals surface area (Å²) in [4.78, 5) is 16.8. The predicted octanol–water partition coefficient (Wildman–Crippen LogP) is 3.86. The molecule has 0 saturated heterocycles. The van der Waals surface area contributed by atoms with Crippen LogP contribution in [0.2, 0.25) is 0 Å². The third-order valence-corrected chi connectivity index (χ3v) is 5.31. The second kappa shape index (κ2) is 6.39. The maximum absolute atomic E-state index is 10.7. The minimum absolute atomic E-state index is 0.00112. The normalized spacial score (nSPS) is 10.2. The molecule has 0 unspecified atom stereocenters. The Morgan fingerprint density at radius 2 is 2.35 bits per heavy atom. The number of benzene rings is 1. The molecule has 0 spiro atoms. The van der Waals surface area contributed by atoms with Crippen molar-refractivity contribution < 1.29 is 9.90 Å². The molecule has 1 N–H and O–H groups in total. The molecule has 7 heteroatoms. The number of thiazole rings is 1. The molecule has 0 amide bonds. The molecular weight excluding hydrogens is 360 g/mol. The monoisotopic (exact) mass is 368 g/mol. The van der Waals surface area contributed by atoms with Gasteiger partial charge in [-0.05, 0) is 41.1 Å². The van der Waals surface area contributed by atoms with E-state index in [0.717, 1.165) is 24.3 Å². The van der Waals surface area contributed by atoms with Gasteiger partial charge in [0.25, 0.3) is 0 Å². The first-order valence-corrected chi connectivity index (χ1v) is 7.98. The molecular formula is C13H9BrN2O2S2. The zero-order chi connectivity index (χ0) is 14.7. The van der Waals surface area contributed by atoms with Crippen LogP contribution in [-0.2, 0) is 11.2 Å². The number of aromatic nitrogens is 1. The van der Waals surface area contributed by atoms with E-state index in [4.69, 9.17) is 10.4 Å². The van der Waals surface area contributed by atoms with Gasteiger partial charge in [-0.2, -0.15) is 5.26 Å². The molecule has 0 fully saturated rings. The summed E-state index contributed by atoms with van der Waals surface area (Å²) in [6.07, 6.45) is 0.00112. The van der Waals surface area contributed by atoms with Gasteiger partial charge in [0.2, 0.25) is 0 Å². The summed E-state index contributed by atoms with van der Waals surface area (Å²) < 4.78 is 1.54. The number of nitrogens with zero attached hydrogens (tertiary/aromatic N) is 2. The van der Waals surface area contributed by atoms with Crippen LogP contribution >= 0.6 is 39.0 Å². The van der Waals surface area contributed by atoms with Crippen molar-refractivity contribution in [1.82, 2.24) is 4.98 Å². The smallest absolute Gasteiger partial charge is 0.308 e. The Morgan fingerprint density at radius 3 is 2.95 bits per heavy atom. The van der Waals surface area contributed by atoms with Crippen LogP contribution in [-0.4, -0.2) is 16.1 Å². The number of hydrogen-bond donors (Lipinski definition) is 1. The standard InChI is InChI=1S/C13H9BrN2O2S2/c1-7-11(5-12(17)18)20-13(16-7)19-9-3-2-8(6-15)10(14)4-9/h2-4H,5H2,1H3,(H,17,18). The predicted molar refractivity (Wildman–Crippen MR) is 81.2 cm³/mol. The van der Waals surface area contributed by atoms with E-state index in [1.165, 1.54) is 23.1 Å². The van der Waals surface area contributed by atoms with Crippen LogP contribution in [0.15, 0.2) is 31.9 Å². The number of carbonyl (C=O) groups is 1. The van der Waals surface area contributed by atoms with Crippen LogP contribution in [0.3, 0.4) is 0 Å². The Morgan fingerprint density at radius 1 is 1.60 bits per heavy atom. The Hall–Kier alpha value is -1.36. The zero-order valence-electron chi connectivity index (χ0n) is 10.4. The van der Waals surface area contributed by atoms with Gasteiger partial charge < -0.3 is 5.11 Å². The lowest BCUT2D eigenvalue weighted by atomic mass is 10.2. The number of halogens is 1. The minimum atomic E-state index is -0.852. The number of aliphatic carboxylic acids is 1. The maximum atomic E-state index is 10.7. The summed E-state index contributed by atoms with van der Waals surface area (Å²) >= 11 is 6.19. The van der Waals surface area contributed by atoms with Crippen molar-refractivity contribution in [3.05, 3.63) is 38.8 Å². The fourth-order valence-electron chi connectivity index (χ4n) is 1.50. The van der Waals surface area contributed by atoms with Crippen molar-refractivity contribution in [3.8, 4) is 6.07 Å². The second-order valence-electron chi connectivity index (χ2n) is 3.91. The van der Waals surface area contributed by atoms with Crippen LogP contribution in [0.5, 0.6) is 0 Å². The van der Waals surface area contributed by atoms with Gasteiger partial charge in [0.15, 0.2) is 4.34 Å². The van der Waals surface area contributed by atoms with E-state index in [9.17, 15) is 4.79 Å². The molecule has 1 aromatic carbocycles. The summed E-state index contributed by atoms with van der Waals surface area (Å²) in [7, 11) is 0. The van der Waals surface area contributed by atoms with Gasteiger partial charge >= 0.3 is 5.97 Å². The number of carboxylic acids is 1. The molecule has 1 heterocycles. The number of aryl methyl sites for hydroxylation is 1. The molecule has 0 radical (unpaired) electrons. The molecule has 102 valence electrons. The maximum Gasteiger partial charge on any atom is 0.308 e. The van der Waals surface area contributed by atoms with Crippen molar-refractivity contribution in [2.75, 3.05) is 0 Å². The first-order valence-electron chi connectivity index (χ1n) is 5.55. The summed E-state index contributed by atoms with van der Waals surface area (Å²) in [5.74, 6) is -0.852. The van der Waals surface area contributed by atoms with Gasteiger partial charge in [-0.3, -0.25) is 4.79 Å². The van der Waals surface area contributed by atoms with Crippen molar-refractivity contribution in [2.24, 2.45) is 0 Å². The van der Waals surface area contributed by atoms with Crippen molar-refractivity contribution in [3.63, 3.8) is 0 Å². The second-order valence-corrected chi connectivity index (χ2v) is 7.17. The van der Waals surface area contributed by atoms with Crippen LogP contribution < -0.4 is 0 Å². The van der Waals surface area contributed by atoms with Crippen molar-refractivity contribution in [1.29, 1.82) is 5.26 Å². The topological polar surface area (TPSA) is 74.0 Å². The van der Waals surface area contributed by atoms with Crippen molar-refractivity contribution in [2.45, 2.75) is 22.6 Å². The molecule has 4 nitrogen and oxygen atoms in total. The number of carboxylic acid groups (broad SMARTS) is 1. The average molecular weight is 369 g/mol. The SMILES string of the molecule is Cc1nc(Sc2ccc(C#N)c(Br)c2)sc1CC(=O)O. The fourth-order valence-corrected chi connectivity index (χ4v) is 4.35. The molecule has 0 bridgehead atoms. The highest BCUT2D eigenvalue weighted by Gasteiger charge is 2.12. The molecule has 0 atom stereocenters. The van der Waals surface area contributed by atoms with Gasteiger partial charge in [0.1, 0.15) is 6.07 Å². The molecule has 2 rings (SSSR count). The molecule has 20 heavy (non-hydrogen) atoms. The number of nitriles is 1. The van der Waals surface area contributed by atoms with Gasteiger partial charge in [0, 0.05) is 14.2 Å². The van der Waals surface area contributed by atoms with E-state index >= 15 is 0 Å². The molecule has 2 aromatic rings. The lowest BCUT2D eigenvalue weighted by Gasteiger charge is -2.00. The van der Waals surface area contributed by atoms with E-state index in [0.29, 0.717) is 5.56 Å². The van der Waals surface area contributed by atoms with E-state index in [2.05, 4.69) is 27.0 Å². The van der Waals surface area contributed by atoms with E-state index in [1.807, 2.05) is 19.1 Å². The van der Waals surface area contributed by atoms with Crippen LogP contribution in [0.4, 0.5) is 0 Å². The fraction of sp³-hybridized carbons (Fsp3) is 0.154. The quantitative estimate of drug-likeness (QED) is 0.886. The van der Waals surface area contributed by atoms with Gasteiger partial charge in [-0.25, -0.2) is 4.98 Å². The van der Waals surface area contributed by atoms with Crippen LogP contribution in [0, 0.1) is 18.3 Å². The zero-order valence-corrected chi connectivity index (χ0v) is 13.6. The van der Waals surface area contributed by atoms with E-state index in [-0.39, 0.29) is 6.42 Å². The molecule has 1 aromatic heterocycles. The van der Waals surface area contributed by atoms with E-state index in [1.54, 1.807) is 6.07 Å². The minimum Gasteiger partial charge on any atom is -0.481 e. The lowest BCUT2D eigenvalue weighted by molar-refractivity contribution is -0.136. The molecule has 0 aliphatic carbocycles. The van der Waals surface area contributed by atoms with Crippen LogP contribution in [0.1, 0.15) is 16.1 Å². The third-order valence-electron chi connectivity index (χ3n) is 2.45. The first kappa shape index (κ1) is 15.0. The Balaban J connectivity index is 2.20. The Bertz CT molecular complexity index is 707. The Kier molecular flexibility index (Phi) is 4.81. The number of hydrogen-bond acceptors (Lipinski definition) is 5. The lowest BCUT2D eigenvalue weighted by Crippen LogP contribution is -1.99. The molecule has 0 aliphatic heterocycles. The van der Waals surface area contributed by atoms with Crippen LogP contribution in [0.25, 0.3) is 0 Å². The summed E-state index contributed by atoms with van der Waals surface area (Å²) in [6.45, 7) is 1.81. The van der Waals surface area contributed by atoms with Crippen molar-refractivity contribution >= 4 is 45.0 Å². The highest BCUT2D eigenvalue weighted by atomic mass is 79.9. The summed E-state index contributed by atoms with van der Waals surface area (Å²) in [5, 5.41) is 17.7.